The van der Waals surface area contributed by atoms with E-state index in [1.165, 1.54) is 6.42 Å². The highest BCUT2D eigenvalue weighted by molar-refractivity contribution is 5.85. The molecule has 16 heavy (non-hydrogen) atoms. The molecule has 0 aromatic carbocycles. The summed E-state index contributed by atoms with van der Waals surface area (Å²) in [5, 5.41) is 9.05. The lowest BCUT2D eigenvalue weighted by Gasteiger charge is -2.36. The fraction of sp³-hybridized carbons (Fsp3) is 0.833. The van der Waals surface area contributed by atoms with Crippen LogP contribution < -0.4 is 0 Å². The lowest BCUT2D eigenvalue weighted by Crippen LogP contribution is -2.45. The molecule has 2 atom stereocenters. The van der Waals surface area contributed by atoms with E-state index < -0.39 is 11.9 Å². The molecule has 0 aliphatic heterocycles. The summed E-state index contributed by atoms with van der Waals surface area (Å²) in [6, 6.07) is 0.363. The van der Waals surface area contributed by atoms with E-state index in [2.05, 4.69) is 0 Å². The van der Waals surface area contributed by atoms with Crippen molar-refractivity contribution in [1.82, 2.24) is 4.90 Å². The molecule has 2 fully saturated rings. The molecule has 0 unspecified atom stereocenters. The molecule has 90 valence electrons. The molecule has 2 rings (SSSR count). The fourth-order valence-electron chi connectivity index (χ4n) is 2.77. The summed E-state index contributed by atoms with van der Waals surface area (Å²) in [6.45, 7) is 0. The average Bonchev–Trinajstić information content (AvgIpc) is 2.61. The van der Waals surface area contributed by atoms with E-state index >= 15 is 0 Å². The van der Waals surface area contributed by atoms with Gasteiger partial charge in [0.2, 0.25) is 5.91 Å². The maximum atomic E-state index is 12.2. The Bertz CT molecular complexity index is 299. The average molecular weight is 225 g/mol. The first-order chi connectivity index (χ1) is 7.61. The van der Waals surface area contributed by atoms with Crippen molar-refractivity contribution in [2.24, 2.45) is 11.8 Å². The van der Waals surface area contributed by atoms with Gasteiger partial charge in [-0.2, -0.15) is 0 Å². The molecule has 1 N–H and O–H groups in total. The number of rotatable bonds is 3. The third kappa shape index (κ3) is 1.93. The number of aliphatic carboxylic acids is 1. The Morgan fingerprint density at radius 1 is 1.06 bits per heavy atom. The maximum absolute atomic E-state index is 12.2. The van der Waals surface area contributed by atoms with Gasteiger partial charge in [-0.05, 0) is 32.1 Å². The topological polar surface area (TPSA) is 57.6 Å². The Morgan fingerprint density at radius 2 is 1.62 bits per heavy atom. The summed E-state index contributed by atoms with van der Waals surface area (Å²) in [4.78, 5) is 25.0. The molecule has 0 radical (unpaired) electrons. The molecule has 2 aliphatic rings. The van der Waals surface area contributed by atoms with E-state index in [4.69, 9.17) is 5.11 Å². The van der Waals surface area contributed by atoms with Gasteiger partial charge in [-0.3, -0.25) is 9.59 Å². The third-order valence-corrected chi connectivity index (χ3v) is 4.12. The summed E-state index contributed by atoms with van der Waals surface area (Å²) < 4.78 is 0. The minimum Gasteiger partial charge on any atom is -0.481 e. The molecule has 0 aromatic rings. The van der Waals surface area contributed by atoms with Crippen LogP contribution >= 0.6 is 0 Å². The highest BCUT2D eigenvalue weighted by Gasteiger charge is 2.40. The molecule has 0 heterocycles. The number of nitrogens with zero attached hydrogens (tertiary/aromatic N) is 1. The van der Waals surface area contributed by atoms with Crippen molar-refractivity contribution in [2.45, 2.75) is 44.6 Å². The largest absolute Gasteiger partial charge is 0.481 e. The van der Waals surface area contributed by atoms with E-state index in [0.717, 1.165) is 25.7 Å². The Balaban J connectivity index is 1.99. The number of carboxylic acid groups (broad SMARTS) is 1. The number of carboxylic acids is 1. The first-order valence-corrected chi connectivity index (χ1v) is 6.10. The van der Waals surface area contributed by atoms with Crippen molar-refractivity contribution in [2.75, 3.05) is 7.05 Å². The minimum absolute atomic E-state index is 0.0506. The molecular formula is C12H19NO3. The van der Waals surface area contributed by atoms with Crippen molar-refractivity contribution in [3.8, 4) is 0 Å². The smallest absolute Gasteiger partial charge is 0.307 e. The SMILES string of the molecule is CN(C(=O)[C@@H]1CCC[C@@H]1C(=O)O)C1CCC1. The van der Waals surface area contributed by atoms with Gasteiger partial charge in [0.05, 0.1) is 11.8 Å². The molecule has 4 heteroatoms. The van der Waals surface area contributed by atoms with Crippen LogP contribution in [0.1, 0.15) is 38.5 Å². The summed E-state index contributed by atoms with van der Waals surface area (Å²) in [5.41, 5.74) is 0. The Hall–Kier alpha value is -1.06. The molecule has 2 aliphatic carbocycles. The number of hydrogen-bond acceptors (Lipinski definition) is 2. The molecule has 0 bridgehead atoms. The van der Waals surface area contributed by atoms with Gasteiger partial charge in [0.1, 0.15) is 0 Å². The number of hydrogen-bond donors (Lipinski definition) is 1. The zero-order chi connectivity index (χ0) is 11.7. The van der Waals surface area contributed by atoms with Crippen LogP contribution in [-0.2, 0) is 9.59 Å². The van der Waals surface area contributed by atoms with Crippen LogP contribution in [0.15, 0.2) is 0 Å². The summed E-state index contributed by atoms with van der Waals surface area (Å²) in [5.74, 6) is -1.48. The van der Waals surface area contributed by atoms with Gasteiger partial charge >= 0.3 is 5.97 Å². The quantitative estimate of drug-likeness (QED) is 0.791. The molecular weight excluding hydrogens is 206 g/mol. The first kappa shape index (κ1) is 11.4. The highest BCUT2D eigenvalue weighted by atomic mass is 16.4. The number of carbonyl (C=O) groups excluding carboxylic acids is 1. The molecule has 0 saturated heterocycles. The van der Waals surface area contributed by atoms with Crippen LogP contribution in [0.3, 0.4) is 0 Å². The zero-order valence-electron chi connectivity index (χ0n) is 9.69. The molecule has 2 saturated carbocycles. The highest BCUT2D eigenvalue weighted by Crippen LogP contribution is 2.35. The monoisotopic (exact) mass is 225 g/mol. The van der Waals surface area contributed by atoms with Crippen LogP contribution in [0.5, 0.6) is 0 Å². The standard InChI is InChI=1S/C12H19NO3/c1-13(8-4-2-5-8)11(14)9-6-3-7-10(9)12(15)16/h8-10H,2-7H2,1H3,(H,15,16)/t9-,10+/m1/s1. The first-order valence-electron chi connectivity index (χ1n) is 6.10. The zero-order valence-corrected chi connectivity index (χ0v) is 9.69. The normalized spacial score (nSPS) is 29.8. The van der Waals surface area contributed by atoms with E-state index in [0.29, 0.717) is 12.5 Å². The lowest BCUT2D eigenvalue weighted by molar-refractivity contribution is -0.150. The van der Waals surface area contributed by atoms with Crippen molar-refractivity contribution in [3.63, 3.8) is 0 Å². The van der Waals surface area contributed by atoms with Crippen LogP contribution in [0.2, 0.25) is 0 Å². The maximum Gasteiger partial charge on any atom is 0.307 e. The van der Waals surface area contributed by atoms with Gasteiger partial charge in [0.15, 0.2) is 0 Å². The van der Waals surface area contributed by atoms with Gasteiger partial charge in [-0.25, -0.2) is 0 Å². The van der Waals surface area contributed by atoms with Crippen LogP contribution in [0.25, 0.3) is 0 Å². The molecule has 0 aromatic heterocycles. The van der Waals surface area contributed by atoms with Gasteiger partial charge in [0.25, 0.3) is 0 Å². The van der Waals surface area contributed by atoms with Crippen molar-refractivity contribution >= 4 is 11.9 Å². The minimum atomic E-state index is -0.808. The molecule has 4 nitrogen and oxygen atoms in total. The summed E-state index contributed by atoms with van der Waals surface area (Å²) in [6.07, 6.45) is 5.61. The Kier molecular flexibility index (Phi) is 3.17. The summed E-state index contributed by atoms with van der Waals surface area (Å²) >= 11 is 0. The van der Waals surface area contributed by atoms with E-state index in [9.17, 15) is 9.59 Å². The summed E-state index contributed by atoms with van der Waals surface area (Å²) in [7, 11) is 1.82. The third-order valence-electron chi connectivity index (χ3n) is 4.12. The predicted molar refractivity (Wildman–Crippen MR) is 58.9 cm³/mol. The van der Waals surface area contributed by atoms with Gasteiger partial charge < -0.3 is 10.0 Å². The fourth-order valence-corrected chi connectivity index (χ4v) is 2.77. The Labute approximate surface area is 95.6 Å². The van der Waals surface area contributed by atoms with Crippen LogP contribution in [0.4, 0.5) is 0 Å². The van der Waals surface area contributed by atoms with Crippen LogP contribution in [0, 0.1) is 11.8 Å². The van der Waals surface area contributed by atoms with E-state index in [1.54, 1.807) is 4.90 Å². The predicted octanol–water partition coefficient (Wildman–Crippen LogP) is 1.50. The van der Waals surface area contributed by atoms with Crippen molar-refractivity contribution in [1.29, 1.82) is 0 Å². The second kappa shape index (κ2) is 4.44. The van der Waals surface area contributed by atoms with Gasteiger partial charge in [-0.15, -0.1) is 0 Å². The number of carbonyl (C=O) groups is 2. The molecule has 1 amide bonds. The second-order valence-corrected chi connectivity index (χ2v) is 5.02. The lowest BCUT2D eigenvalue weighted by atomic mass is 9.89. The van der Waals surface area contributed by atoms with E-state index in [-0.39, 0.29) is 11.8 Å². The second-order valence-electron chi connectivity index (χ2n) is 5.02. The van der Waals surface area contributed by atoms with Gasteiger partial charge in [-0.1, -0.05) is 6.42 Å². The van der Waals surface area contributed by atoms with Crippen LogP contribution in [-0.4, -0.2) is 35.0 Å². The van der Waals surface area contributed by atoms with Crippen molar-refractivity contribution < 1.29 is 14.7 Å². The Morgan fingerprint density at radius 3 is 2.12 bits per heavy atom. The number of amides is 1. The van der Waals surface area contributed by atoms with Gasteiger partial charge in [0, 0.05) is 13.1 Å². The van der Waals surface area contributed by atoms with E-state index in [1.807, 2.05) is 7.05 Å². The molecule has 0 spiro atoms. The van der Waals surface area contributed by atoms with Crippen molar-refractivity contribution in [3.05, 3.63) is 0 Å².